The third-order valence-corrected chi connectivity index (χ3v) is 3.50. The molecule has 1 saturated heterocycles. The molecule has 1 amide bonds. The second kappa shape index (κ2) is 5.40. The van der Waals surface area contributed by atoms with Crippen molar-refractivity contribution in [2.24, 2.45) is 5.92 Å². The van der Waals surface area contributed by atoms with Gasteiger partial charge in [-0.2, -0.15) is 0 Å². The molecule has 1 aliphatic carbocycles. The predicted molar refractivity (Wildman–Crippen MR) is 71.3 cm³/mol. The lowest BCUT2D eigenvalue weighted by Gasteiger charge is -2.20. The summed E-state index contributed by atoms with van der Waals surface area (Å²) in [5, 5.41) is 2.51. The molecule has 2 aliphatic rings. The summed E-state index contributed by atoms with van der Waals surface area (Å²) in [6.45, 7) is 0. The summed E-state index contributed by atoms with van der Waals surface area (Å²) in [5.74, 6) is -1.50. The van der Waals surface area contributed by atoms with Gasteiger partial charge in [0.25, 0.3) is 0 Å². The second-order valence-corrected chi connectivity index (χ2v) is 4.92. The summed E-state index contributed by atoms with van der Waals surface area (Å²) in [5.41, 5.74) is 0.284. The third kappa shape index (κ3) is 2.79. The molecule has 0 aromatic heterocycles. The van der Waals surface area contributed by atoms with Crippen molar-refractivity contribution in [2.45, 2.75) is 18.6 Å². The highest BCUT2D eigenvalue weighted by Gasteiger charge is 2.41. The van der Waals surface area contributed by atoms with Crippen LogP contribution in [0.5, 0.6) is 0 Å². The molecule has 2 bridgehead atoms. The standard InChI is InChI=1S/C15H13NO5/c17-13(9-4-2-1-3-5-9)21-15(19)16-12-7-6-10-8-11(12)14(18)20-10/h1-7,10-12H,8H2,(H,16,19)/t10-,11-,12+/m0/s1. The maximum atomic E-state index is 11.7. The quantitative estimate of drug-likeness (QED) is 0.505. The third-order valence-electron chi connectivity index (χ3n) is 3.50. The summed E-state index contributed by atoms with van der Waals surface area (Å²) < 4.78 is 9.77. The minimum Gasteiger partial charge on any atom is -0.458 e. The van der Waals surface area contributed by atoms with Gasteiger partial charge in [-0.15, -0.1) is 0 Å². The van der Waals surface area contributed by atoms with Crippen LogP contribution >= 0.6 is 0 Å². The highest BCUT2D eigenvalue weighted by atomic mass is 16.6. The highest BCUT2D eigenvalue weighted by molar-refractivity contribution is 5.96. The van der Waals surface area contributed by atoms with Gasteiger partial charge in [-0.25, -0.2) is 9.59 Å². The molecule has 3 atom stereocenters. The number of carbonyl (C=O) groups excluding carboxylic acids is 3. The van der Waals surface area contributed by atoms with Gasteiger partial charge in [0.1, 0.15) is 6.10 Å². The van der Waals surface area contributed by atoms with Crippen molar-refractivity contribution in [2.75, 3.05) is 0 Å². The number of ether oxygens (including phenoxy) is 2. The molecule has 1 fully saturated rings. The maximum absolute atomic E-state index is 11.7. The molecule has 0 unspecified atom stereocenters. The zero-order valence-corrected chi connectivity index (χ0v) is 11.0. The molecule has 6 nitrogen and oxygen atoms in total. The lowest BCUT2D eigenvalue weighted by Crippen LogP contribution is -2.42. The van der Waals surface area contributed by atoms with E-state index in [1.165, 1.54) is 0 Å². The van der Waals surface area contributed by atoms with Gasteiger partial charge in [0.05, 0.1) is 17.5 Å². The van der Waals surface area contributed by atoms with Gasteiger partial charge >= 0.3 is 18.0 Å². The summed E-state index contributed by atoms with van der Waals surface area (Å²) in [7, 11) is 0. The van der Waals surface area contributed by atoms with Crippen LogP contribution in [-0.2, 0) is 14.3 Å². The van der Waals surface area contributed by atoms with E-state index >= 15 is 0 Å². The van der Waals surface area contributed by atoms with E-state index < -0.39 is 24.0 Å². The number of amides is 1. The van der Waals surface area contributed by atoms with Crippen LogP contribution in [0.3, 0.4) is 0 Å². The first kappa shape index (κ1) is 13.4. The summed E-state index contributed by atoms with van der Waals surface area (Å²) in [6, 6.07) is 7.70. The minimum atomic E-state index is -0.878. The van der Waals surface area contributed by atoms with Gasteiger partial charge in [0, 0.05) is 6.42 Å². The Labute approximate surface area is 120 Å². The molecule has 0 spiro atoms. The van der Waals surface area contributed by atoms with Crippen molar-refractivity contribution in [3.05, 3.63) is 48.0 Å². The van der Waals surface area contributed by atoms with Gasteiger partial charge in [-0.05, 0) is 18.2 Å². The second-order valence-electron chi connectivity index (χ2n) is 4.92. The van der Waals surface area contributed by atoms with Crippen LogP contribution in [0.1, 0.15) is 16.8 Å². The van der Waals surface area contributed by atoms with E-state index in [0.29, 0.717) is 6.42 Å². The first-order chi connectivity index (χ1) is 10.1. The average Bonchev–Trinajstić information content (AvgIpc) is 2.79. The van der Waals surface area contributed by atoms with Crippen LogP contribution in [0.2, 0.25) is 0 Å². The molecule has 6 heteroatoms. The van der Waals surface area contributed by atoms with Crippen LogP contribution in [0.25, 0.3) is 0 Å². The Morgan fingerprint density at radius 2 is 1.95 bits per heavy atom. The topological polar surface area (TPSA) is 81.7 Å². The fraction of sp³-hybridized carbons (Fsp3) is 0.267. The van der Waals surface area contributed by atoms with E-state index in [4.69, 9.17) is 9.47 Å². The van der Waals surface area contributed by atoms with Gasteiger partial charge in [-0.3, -0.25) is 4.79 Å². The van der Waals surface area contributed by atoms with Crippen LogP contribution < -0.4 is 5.32 Å². The predicted octanol–water partition coefficient (Wildman–Crippen LogP) is 1.42. The fourth-order valence-corrected chi connectivity index (χ4v) is 2.45. The first-order valence-corrected chi connectivity index (χ1v) is 6.60. The van der Waals surface area contributed by atoms with Crippen molar-refractivity contribution >= 4 is 18.0 Å². The Morgan fingerprint density at radius 1 is 1.19 bits per heavy atom. The fourth-order valence-electron chi connectivity index (χ4n) is 2.45. The Bertz CT molecular complexity index is 610. The molecule has 0 radical (unpaired) electrons. The molecular weight excluding hydrogens is 274 g/mol. The molecule has 1 aromatic carbocycles. The number of esters is 2. The van der Waals surface area contributed by atoms with Crippen molar-refractivity contribution in [3.8, 4) is 0 Å². The SMILES string of the molecule is O=C(N[C@@H]1C=C[C@H]2C[C@@H]1C(=O)O2)OC(=O)c1ccccc1. The lowest BCUT2D eigenvalue weighted by atomic mass is 9.91. The van der Waals surface area contributed by atoms with Crippen molar-refractivity contribution in [1.82, 2.24) is 5.32 Å². The normalized spacial score (nSPS) is 26.1. The van der Waals surface area contributed by atoms with E-state index in [-0.39, 0.29) is 17.6 Å². The van der Waals surface area contributed by atoms with Crippen LogP contribution in [0, 0.1) is 5.92 Å². The Kier molecular flexibility index (Phi) is 3.43. The lowest BCUT2D eigenvalue weighted by molar-refractivity contribution is -0.142. The van der Waals surface area contributed by atoms with Crippen molar-refractivity contribution < 1.29 is 23.9 Å². The molecular formula is C15H13NO5. The largest absolute Gasteiger partial charge is 0.458 e. The molecule has 0 saturated carbocycles. The van der Waals surface area contributed by atoms with Crippen LogP contribution in [0.4, 0.5) is 4.79 Å². The van der Waals surface area contributed by atoms with Gasteiger partial charge in [-0.1, -0.05) is 24.3 Å². The summed E-state index contributed by atoms with van der Waals surface area (Å²) in [4.78, 5) is 35.0. The number of rotatable bonds is 2. The van der Waals surface area contributed by atoms with E-state index in [1.807, 2.05) is 0 Å². The van der Waals surface area contributed by atoms with Gasteiger partial charge < -0.3 is 14.8 Å². The summed E-state index contributed by atoms with van der Waals surface area (Å²) in [6.07, 6.45) is 2.87. The minimum absolute atomic E-state index is 0.206. The molecule has 1 N–H and O–H groups in total. The van der Waals surface area contributed by atoms with Crippen LogP contribution in [-0.4, -0.2) is 30.2 Å². The molecule has 1 aliphatic heterocycles. The summed E-state index contributed by atoms with van der Waals surface area (Å²) >= 11 is 0. The number of benzene rings is 1. The highest BCUT2D eigenvalue weighted by Crippen LogP contribution is 2.30. The smallest absolute Gasteiger partial charge is 0.415 e. The van der Waals surface area contributed by atoms with Crippen molar-refractivity contribution in [3.63, 3.8) is 0 Å². The zero-order valence-electron chi connectivity index (χ0n) is 11.0. The van der Waals surface area contributed by atoms with E-state index in [2.05, 4.69) is 5.32 Å². The van der Waals surface area contributed by atoms with Gasteiger partial charge in [0.2, 0.25) is 0 Å². The molecule has 21 heavy (non-hydrogen) atoms. The first-order valence-electron chi connectivity index (χ1n) is 6.60. The monoisotopic (exact) mass is 287 g/mol. The number of hydrogen-bond donors (Lipinski definition) is 1. The van der Waals surface area contributed by atoms with Crippen molar-refractivity contribution in [1.29, 1.82) is 0 Å². The number of nitrogens with one attached hydrogen (secondary N) is 1. The van der Waals surface area contributed by atoms with E-state index in [1.54, 1.807) is 42.5 Å². The zero-order chi connectivity index (χ0) is 14.8. The molecule has 3 rings (SSSR count). The van der Waals surface area contributed by atoms with E-state index in [0.717, 1.165) is 0 Å². The van der Waals surface area contributed by atoms with Crippen LogP contribution in [0.15, 0.2) is 42.5 Å². The maximum Gasteiger partial charge on any atom is 0.415 e. The average molecular weight is 287 g/mol. The van der Waals surface area contributed by atoms with Gasteiger partial charge in [0.15, 0.2) is 0 Å². The Morgan fingerprint density at radius 3 is 2.71 bits per heavy atom. The van der Waals surface area contributed by atoms with E-state index in [9.17, 15) is 14.4 Å². The number of alkyl carbamates (subject to hydrolysis) is 1. The molecule has 1 heterocycles. The Hall–Kier alpha value is -2.63. The molecule has 108 valence electrons. The Balaban J connectivity index is 1.60. The number of carbonyl (C=O) groups is 3. The molecule has 1 aromatic rings. The number of hydrogen-bond acceptors (Lipinski definition) is 5. The number of fused-ring (bicyclic) bond motifs is 2.